The molecule has 6 heteroatoms. The van der Waals surface area contributed by atoms with Gasteiger partial charge in [-0.2, -0.15) is 5.26 Å². The zero-order valence-electron chi connectivity index (χ0n) is 14.2. The summed E-state index contributed by atoms with van der Waals surface area (Å²) in [6.45, 7) is 6.73. The number of benzene rings is 1. The topological polar surface area (TPSA) is 79.2 Å². The van der Waals surface area contributed by atoms with Gasteiger partial charge in [0.15, 0.2) is 6.10 Å². The molecule has 0 aromatic heterocycles. The number of amides is 1. The molecule has 0 radical (unpaired) electrons. The van der Waals surface area contributed by atoms with Gasteiger partial charge < -0.3 is 10.1 Å². The maximum absolute atomic E-state index is 12.1. The number of esters is 1. The molecule has 24 heavy (non-hydrogen) atoms. The lowest BCUT2D eigenvalue weighted by Gasteiger charge is -2.28. The molecule has 1 rings (SSSR count). The molecule has 1 aromatic carbocycles. The fraction of sp³-hybridized carbons (Fsp3) is 0.389. The summed E-state index contributed by atoms with van der Waals surface area (Å²) in [4.78, 5) is 23.9. The predicted molar refractivity (Wildman–Crippen MR) is 93.0 cm³/mol. The van der Waals surface area contributed by atoms with Gasteiger partial charge in [0, 0.05) is 11.1 Å². The molecule has 2 atom stereocenters. The molecule has 2 unspecified atom stereocenters. The Morgan fingerprint density at radius 2 is 1.96 bits per heavy atom. The van der Waals surface area contributed by atoms with Crippen LogP contribution in [-0.4, -0.2) is 23.5 Å². The Hall–Kier alpha value is -2.32. The maximum Gasteiger partial charge on any atom is 0.331 e. The van der Waals surface area contributed by atoms with Crippen LogP contribution < -0.4 is 5.32 Å². The van der Waals surface area contributed by atoms with Gasteiger partial charge >= 0.3 is 5.97 Å². The first-order chi connectivity index (χ1) is 11.2. The number of nitrogens with one attached hydrogen (secondary N) is 1. The van der Waals surface area contributed by atoms with Gasteiger partial charge in [0.1, 0.15) is 5.54 Å². The molecule has 1 aromatic rings. The lowest BCUT2D eigenvalue weighted by atomic mass is 9.90. The van der Waals surface area contributed by atoms with Crippen molar-refractivity contribution in [2.45, 2.75) is 39.3 Å². The fourth-order valence-electron chi connectivity index (χ4n) is 1.69. The molecule has 0 aliphatic rings. The highest BCUT2D eigenvalue weighted by Gasteiger charge is 2.32. The third-order valence-corrected chi connectivity index (χ3v) is 4.08. The summed E-state index contributed by atoms with van der Waals surface area (Å²) in [7, 11) is 0. The van der Waals surface area contributed by atoms with E-state index in [0.717, 1.165) is 0 Å². The maximum atomic E-state index is 12.1. The van der Waals surface area contributed by atoms with E-state index in [4.69, 9.17) is 16.3 Å². The first-order valence-corrected chi connectivity index (χ1v) is 7.94. The molecule has 128 valence electrons. The van der Waals surface area contributed by atoms with Crippen LogP contribution >= 0.6 is 11.6 Å². The van der Waals surface area contributed by atoms with Crippen molar-refractivity contribution in [2.24, 2.45) is 5.92 Å². The number of rotatable bonds is 6. The number of ether oxygens (including phenoxy) is 1. The SMILES string of the molecule is CC(OC(=O)/C=C/c1ccccc1Cl)C(=O)NC(C)(C#N)C(C)C. The summed E-state index contributed by atoms with van der Waals surface area (Å²) in [5, 5.41) is 12.3. The number of nitriles is 1. The number of carbonyl (C=O) groups is 2. The molecular formula is C18H21ClN2O3. The second-order valence-electron chi connectivity index (χ2n) is 5.89. The van der Waals surface area contributed by atoms with E-state index in [1.807, 2.05) is 13.8 Å². The Kier molecular flexibility index (Phi) is 6.99. The highest BCUT2D eigenvalue weighted by molar-refractivity contribution is 6.32. The highest BCUT2D eigenvalue weighted by atomic mass is 35.5. The van der Waals surface area contributed by atoms with Crippen molar-refractivity contribution in [3.63, 3.8) is 0 Å². The lowest BCUT2D eigenvalue weighted by Crippen LogP contribution is -2.52. The molecule has 0 spiro atoms. The van der Waals surface area contributed by atoms with E-state index in [1.165, 1.54) is 19.1 Å². The number of carbonyl (C=O) groups excluding carboxylic acids is 2. The quantitative estimate of drug-likeness (QED) is 0.631. The van der Waals surface area contributed by atoms with Gasteiger partial charge in [-0.25, -0.2) is 4.79 Å². The van der Waals surface area contributed by atoms with Crippen molar-refractivity contribution >= 4 is 29.6 Å². The van der Waals surface area contributed by atoms with Crippen LogP contribution in [0, 0.1) is 17.2 Å². The van der Waals surface area contributed by atoms with Crippen LogP contribution in [0.1, 0.15) is 33.3 Å². The minimum Gasteiger partial charge on any atom is -0.449 e. The van der Waals surface area contributed by atoms with Crippen molar-refractivity contribution in [3.8, 4) is 6.07 Å². The summed E-state index contributed by atoms with van der Waals surface area (Å²) in [6.07, 6.45) is 1.71. The predicted octanol–water partition coefficient (Wildman–Crippen LogP) is 3.34. The van der Waals surface area contributed by atoms with Crippen LogP contribution in [0.25, 0.3) is 6.08 Å². The molecule has 0 bridgehead atoms. The van der Waals surface area contributed by atoms with Crippen molar-refractivity contribution < 1.29 is 14.3 Å². The summed E-state index contributed by atoms with van der Waals surface area (Å²) in [5.41, 5.74) is -0.351. The number of hydrogen-bond donors (Lipinski definition) is 1. The summed E-state index contributed by atoms with van der Waals surface area (Å²) in [5.74, 6) is -1.28. The number of hydrogen-bond acceptors (Lipinski definition) is 4. The third kappa shape index (κ3) is 5.39. The van der Waals surface area contributed by atoms with Crippen LogP contribution in [0.4, 0.5) is 0 Å². The summed E-state index contributed by atoms with van der Waals surface area (Å²) < 4.78 is 5.05. The van der Waals surface area contributed by atoms with Crippen LogP contribution in [0.2, 0.25) is 5.02 Å². The van der Waals surface area contributed by atoms with Gasteiger partial charge in [0.05, 0.1) is 6.07 Å². The first kappa shape index (κ1) is 19.7. The normalized spacial score (nSPS) is 14.7. The van der Waals surface area contributed by atoms with Crippen molar-refractivity contribution in [1.82, 2.24) is 5.32 Å². The van der Waals surface area contributed by atoms with Crippen LogP contribution in [0.15, 0.2) is 30.3 Å². The van der Waals surface area contributed by atoms with Crippen LogP contribution in [0.3, 0.4) is 0 Å². The molecule has 0 saturated heterocycles. The second-order valence-corrected chi connectivity index (χ2v) is 6.30. The van der Waals surface area contributed by atoms with Crippen molar-refractivity contribution in [1.29, 1.82) is 5.26 Å². The van der Waals surface area contributed by atoms with Crippen LogP contribution in [-0.2, 0) is 14.3 Å². The molecule has 5 nitrogen and oxygen atoms in total. The third-order valence-electron chi connectivity index (χ3n) is 3.74. The Balaban J connectivity index is 2.66. The smallest absolute Gasteiger partial charge is 0.331 e. The Morgan fingerprint density at radius 1 is 1.33 bits per heavy atom. The highest BCUT2D eigenvalue weighted by Crippen LogP contribution is 2.17. The average molecular weight is 349 g/mol. The zero-order valence-corrected chi connectivity index (χ0v) is 14.9. The minimum absolute atomic E-state index is 0.0885. The van der Waals surface area contributed by atoms with Gasteiger partial charge in [0.2, 0.25) is 0 Å². The standard InChI is InChI=1S/C18H21ClN2O3/c1-12(2)18(4,11-20)21-17(23)13(3)24-16(22)10-9-14-7-5-6-8-15(14)19/h5-10,12-13H,1-4H3,(H,21,23)/b10-9+. The van der Waals surface area contributed by atoms with Gasteiger partial charge in [-0.1, -0.05) is 43.6 Å². The molecule has 0 fully saturated rings. The van der Waals surface area contributed by atoms with E-state index >= 15 is 0 Å². The Bertz CT molecular complexity index is 679. The van der Waals surface area contributed by atoms with E-state index in [2.05, 4.69) is 11.4 Å². The Labute approximate surface area is 147 Å². The van der Waals surface area contributed by atoms with Crippen molar-refractivity contribution in [2.75, 3.05) is 0 Å². The van der Waals surface area contributed by atoms with Crippen molar-refractivity contribution in [3.05, 3.63) is 40.9 Å². The molecule has 0 saturated carbocycles. The first-order valence-electron chi connectivity index (χ1n) is 7.56. The largest absolute Gasteiger partial charge is 0.449 e. The molecule has 1 amide bonds. The van der Waals surface area contributed by atoms with E-state index in [0.29, 0.717) is 10.6 Å². The summed E-state index contributed by atoms with van der Waals surface area (Å²) in [6, 6.07) is 9.10. The minimum atomic E-state index is -1.02. The van der Waals surface area contributed by atoms with E-state index in [-0.39, 0.29) is 5.92 Å². The molecule has 0 aliphatic heterocycles. The average Bonchev–Trinajstić information content (AvgIpc) is 2.53. The van der Waals surface area contributed by atoms with E-state index in [9.17, 15) is 14.9 Å². The fourth-order valence-corrected chi connectivity index (χ4v) is 1.89. The molecule has 1 N–H and O–H groups in total. The second kappa shape index (κ2) is 8.51. The van der Waals surface area contributed by atoms with Gasteiger partial charge in [-0.15, -0.1) is 0 Å². The molecule has 0 heterocycles. The number of halogens is 1. The summed E-state index contributed by atoms with van der Waals surface area (Å²) >= 11 is 5.98. The molecule has 0 aliphatic carbocycles. The van der Waals surface area contributed by atoms with Gasteiger partial charge in [0.25, 0.3) is 5.91 Å². The van der Waals surface area contributed by atoms with E-state index < -0.39 is 23.5 Å². The zero-order chi connectivity index (χ0) is 18.3. The number of nitrogens with zero attached hydrogens (tertiary/aromatic N) is 1. The van der Waals surface area contributed by atoms with E-state index in [1.54, 1.807) is 31.2 Å². The molecular weight excluding hydrogens is 328 g/mol. The lowest BCUT2D eigenvalue weighted by molar-refractivity contribution is -0.150. The van der Waals surface area contributed by atoms with Gasteiger partial charge in [-0.3, -0.25) is 4.79 Å². The monoisotopic (exact) mass is 348 g/mol. The Morgan fingerprint density at radius 3 is 2.50 bits per heavy atom. The van der Waals surface area contributed by atoms with Gasteiger partial charge in [-0.05, 0) is 37.5 Å². The van der Waals surface area contributed by atoms with Crippen LogP contribution in [0.5, 0.6) is 0 Å².